The normalized spacial score (nSPS) is 17.6. The van der Waals surface area contributed by atoms with Gasteiger partial charge in [-0.3, -0.25) is 4.79 Å². The first kappa shape index (κ1) is 24.0. The molecule has 0 bridgehead atoms. The van der Waals surface area contributed by atoms with E-state index in [1.165, 1.54) is 0 Å². The number of carbonyl (C=O) groups excluding carboxylic acids is 1. The summed E-state index contributed by atoms with van der Waals surface area (Å²) in [6.45, 7) is 2.73. The summed E-state index contributed by atoms with van der Waals surface area (Å²) in [6.07, 6.45) is 2.00. The van der Waals surface area contributed by atoms with Gasteiger partial charge in [0.2, 0.25) is 11.7 Å². The lowest BCUT2D eigenvalue weighted by molar-refractivity contribution is -0.129. The summed E-state index contributed by atoms with van der Waals surface area (Å²) in [5.74, 6) is 2.64. The number of unbranched alkanes of at least 4 members (excludes halogenated alkanes) is 1. The zero-order valence-corrected chi connectivity index (χ0v) is 20.7. The van der Waals surface area contributed by atoms with Gasteiger partial charge in [0.1, 0.15) is 0 Å². The smallest absolute Gasteiger partial charge is 0.233 e. The second-order valence-electron chi connectivity index (χ2n) is 7.41. The van der Waals surface area contributed by atoms with E-state index in [0.29, 0.717) is 46.4 Å². The van der Waals surface area contributed by atoms with Crippen LogP contribution in [0.15, 0.2) is 30.3 Å². The first-order chi connectivity index (χ1) is 15.5. The maximum Gasteiger partial charge on any atom is 0.233 e. The Bertz CT molecular complexity index is 925. The van der Waals surface area contributed by atoms with E-state index in [1.54, 1.807) is 45.5 Å². The lowest BCUT2D eigenvalue weighted by Gasteiger charge is -2.47. The fraction of sp³-hybridized carbons (Fsp3) is 0.458. The molecule has 1 aliphatic heterocycles. The van der Waals surface area contributed by atoms with Gasteiger partial charge in [-0.05, 0) is 24.1 Å². The van der Waals surface area contributed by atoms with E-state index in [-0.39, 0.29) is 17.9 Å². The molecule has 32 heavy (non-hydrogen) atoms. The van der Waals surface area contributed by atoms with Crippen LogP contribution in [0.5, 0.6) is 28.7 Å². The summed E-state index contributed by atoms with van der Waals surface area (Å²) in [6, 6.07) is 9.23. The number of alkyl halides is 1. The standard InChI is InChI=1S/C24H30BrNO6/c1-6-7-10-32-19-11-15(8-9-18(19)28-2)22-17(14-25)24(27)26(22)16-12-20(29-3)23(31-5)21(13-16)30-4/h8-9,11-13,17,22H,6-7,10,14H2,1-5H3/t17-,22-/m0/s1. The van der Waals surface area contributed by atoms with Crippen LogP contribution in [-0.4, -0.2) is 46.3 Å². The number of ether oxygens (including phenoxy) is 5. The minimum atomic E-state index is -0.203. The van der Waals surface area contributed by atoms with Crippen molar-refractivity contribution in [2.75, 3.05) is 45.3 Å². The highest BCUT2D eigenvalue weighted by Crippen LogP contribution is 2.49. The van der Waals surface area contributed by atoms with E-state index in [1.807, 2.05) is 18.2 Å². The Kier molecular flexibility index (Phi) is 8.12. The second kappa shape index (κ2) is 10.8. The highest BCUT2D eigenvalue weighted by molar-refractivity contribution is 9.09. The van der Waals surface area contributed by atoms with Gasteiger partial charge in [0.25, 0.3) is 0 Å². The molecule has 0 aliphatic carbocycles. The molecule has 2 aromatic carbocycles. The van der Waals surface area contributed by atoms with Crippen LogP contribution in [0.4, 0.5) is 5.69 Å². The SMILES string of the molecule is CCCCOc1cc([C@H]2[C@H](CBr)C(=O)N2c2cc(OC)c(OC)c(OC)c2)ccc1OC. The molecule has 0 unspecified atom stereocenters. The Morgan fingerprint density at radius 3 is 2.09 bits per heavy atom. The maximum absolute atomic E-state index is 13.1. The molecule has 0 spiro atoms. The number of carbonyl (C=O) groups is 1. The molecule has 1 fully saturated rings. The summed E-state index contributed by atoms with van der Waals surface area (Å²) >= 11 is 3.51. The zero-order chi connectivity index (χ0) is 23.3. The van der Waals surface area contributed by atoms with E-state index in [9.17, 15) is 4.79 Å². The number of methoxy groups -OCH3 is 4. The summed E-state index contributed by atoms with van der Waals surface area (Å²) in [7, 11) is 6.29. The average molecular weight is 508 g/mol. The maximum atomic E-state index is 13.1. The number of nitrogens with zero attached hydrogens (tertiary/aromatic N) is 1. The van der Waals surface area contributed by atoms with Crippen molar-refractivity contribution >= 4 is 27.5 Å². The summed E-state index contributed by atoms with van der Waals surface area (Å²) in [4.78, 5) is 14.8. The van der Waals surface area contributed by atoms with E-state index < -0.39 is 0 Å². The van der Waals surface area contributed by atoms with Gasteiger partial charge in [-0.1, -0.05) is 35.3 Å². The number of halogens is 1. The molecular weight excluding hydrogens is 478 g/mol. The minimum Gasteiger partial charge on any atom is -0.493 e. The van der Waals surface area contributed by atoms with Crippen molar-refractivity contribution in [3.05, 3.63) is 35.9 Å². The Balaban J connectivity index is 2.02. The van der Waals surface area contributed by atoms with Gasteiger partial charge in [-0.25, -0.2) is 0 Å². The Morgan fingerprint density at radius 2 is 1.56 bits per heavy atom. The monoisotopic (exact) mass is 507 g/mol. The molecule has 1 aliphatic rings. The second-order valence-corrected chi connectivity index (χ2v) is 8.06. The lowest BCUT2D eigenvalue weighted by Crippen LogP contribution is -2.56. The summed E-state index contributed by atoms with van der Waals surface area (Å²) in [5.41, 5.74) is 1.64. The van der Waals surface area contributed by atoms with Crippen molar-refractivity contribution in [1.82, 2.24) is 0 Å². The van der Waals surface area contributed by atoms with Crippen LogP contribution >= 0.6 is 15.9 Å². The van der Waals surface area contributed by atoms with E-state index >= 15 is 0 Å². The van der Waals surface area contributed by atoms with Gasteiger partial charge in [0, 0.05) is 17.5 Å². The topological polar surface area (TPSA) is 66.5 Å². The third kappa shape index (κ3) is 4.46. The number of hydrogen-bond donors (Lipinski definition) is 0. The lowest BCUT2D eigenvalue weighted by atomic mass is 9.83. The molecular formula is C24H30BrNO6. The molecule has 0 radical (unpaired) electrons. The quantitative estimate of drug-likeness (QED) is 0.242. The van der Waals surface area contributed by atoms with E-state index in [4.69, 9.17) is 23.7 Å². The van der Waals surface area contributed by atoms with Crippen molar-refractivity contribution < 1.29 is 28.5 Å². The Hall–Kier alpha value is -2.61. The molecule has 2 aromatic rings. The molecule has 3 rings (SSSR count). The number of amides is 1. The third-order valence-corrected chi connectivity index (χ3v) is 6.29. The molecule has 7 nitrogen and oxygen atoms in total. The Morgan fingerprint density at radius 1 is 0.906 bits per heavy atom. The van der Waals surface area contributed by atoms with Gasteiger partial charge < -0.3 is 28.6 Å². The highest BCUT2D eigenvalue weighted by Gasteiger charge is 2.48. The van der Waals surface area contributed by atoms with Gasteiger partial charge >= 0.3 is 0 Å². The average Bonchev–Trinajstić information content (AvgIpc) is 2.82. The molecule has 0 aromatic heterocycles. The Labute approximate surface area is 197 Å². The minimum absolute atomic E-state index is 0.0189. The van der Waals surface area contributed by atoms with Crippen molar-refractivity contribution in [2.45, 2.75) is 25.8 Å². The number of hydrogen-bond acceptors (Lipinski definition) is 6. The number of anilines is 1. The van der Waals surface area contributed by atoms with Crippen molar-refractivity contribution in [3.8, 4) is 28.7 Å². The summed E-state index contributed by atoms with van der Waals surface area (Å²) < 4.78 is 27.8. The van der Waals surface area contributed by atoms with Crippen LogP contribution in [0.2, 0.25) is 0 Å². The van der Waals surface area contributed by atoms with Crippen LogP contribution in [-0.2, 0) is 4.79 Å². The molecule has 2 atom stereocenters. The number of β-lactam (4-membered cyclic amide) rings is 1. The van der Waals surface area contributed by atoms with Gasteiger partial charge in [-0.15, -0.1) is 0 Å². The van der Waals surface area contributed by atoms with Crippen LogP contribution < -0.4 is 28.6 Å². The largest absolute Gasteiger partial charge is 0.493 e. The van der Waals surface area contributed by atoms with Crippen LogP contribution in [0.25, 0.3) is 0 Å². The van der Waals surface area contributed by atoms with Crippen LogP contribution in [0.3, 0.4) is 0 Å². The van der Waals surface area contributed by atoms with Crippen molar-refractivity contribution in [3.63, 3.8) is 0 Å². The fourth-order valence-corrected chi connectivity index (χ4v) is 4.52. The molecule has 1 heterocycles. The van der Waals surface area contributed by atoms with Crippen LogP contribution in [0, 0.1) is 5.92 Å². The van der Waals surface area contributed by atoms with Crippen LogP contribution in [0.1, 0.15) is 31.4 Å². The van der Waals surface area contributed by atoms with E-state index in [2.05, 4.69) is 22.9 Å². The first-order valence-electron chi connectivity index (χ1n) is 10.5. The molecule has 0 saturated carbocycles. The van der Waals surface area contributed by atoms with Crippen molar-refractivity contribution in [1.29, 1.82) is 0 Å². The van der Waals surface area contributed by atoms with E-state index in [0.717, 1.165) is 18.4 Å². The predicted octanol–water partition coefficient (Wildman–Crippen LogP) is 5.00. The summed E-state index contributed by atoms with van der Waals surface area (Å²) in [5, 5.41) is 0.551. The fourth-order valence-electron chi connectivity index (χ4n) is 3.89. The number of rotatable bonds is 11. The van der Waals surface area contributed by atoms with Gasteiger partial charge in [-0.2, -0.15) is 0 Å². The highest BCUT2D eigenvalue weighted by atomic mass is 79.9. The van der Waals surface area contributed by atoms with Gasteiger partial charge in [0.15, 0.2) is 23.0 Å². The zero-order valence-electron chi connectivity index (χ0n) is 19.1. The molecule has 8 heteroatoms. The van der Waals surface area contributed by atoms with Gasteiger partial charge in [0.05, 0.1) is 52.7 Å². The van der Waals surface area contributed by atoms with Crippen molar-refractivity contribution in [2.24, 2.45) is 5.92 Å². The molecule has 0 N–H and O–H groups in total. The molecule has 174 valence electrons. The predicted molar refractivity (Wildman–Crippen MR) is 127 cm³/mol. The molecule has 1 amide bonds. The third-order valence-electron chi connectivity index (χ3n) is 5.59. The first-order valence-corrected chi connectivity index (χ1v) is 11.7. The molecule has 1 saturated heterocycles. The number of benzene rings is 2.